The number of rotatable bonds is 4. The second kappa shape index (κ2) is 11.1. The summed E-state index contributed by atoms with van der Waals surface area (Å²) in [6, 6.07) is 11.9. The van der Waals surface area contributed by atoms with Crippen molar-refractivity contribution in [2.75, 3.05) is 25.2 Å². The molecule has 2 aromatic rings. The average Bonchev–Trinajstić information content (AvgIpc) is 2.83. The van der Waals surface area contributed by atoms with Crippen LogP contribution in [0.3, 0.4) is 0 Å². The smallest absolute Gasteiger partial charge is 0.344 e. The van der Waals surface area contributed by atoms with Crippen LogP contribution in [0.25, 0.3) is 10.8 Å². The van der Waals surface area contributed by atoms with Crippen LogP contribution in [-0.2, 0) is 9.53 Å². The van der Waals surface area contributed by atoms with E-state index in [-0.39, 0.29) is 12.6 Å². The summed E-state index contributed by atoms with van der Waals surface area (Å²) in [6.45, 7) is 6.36. The van der Waals surface area contributed by atoms with E-state index in [0.29, 0.717) is 11.2 Å². The van der Waals surface area contributed by atoms with Crippen molar-refractivity contribution >= 4 is 67.7 Å². The Kier molecular flexibility index (Phi) is 8.34. The molecule has 5 nitrogen and oxygen atoms in total. The van der Waals surface area contributed by atoms with Crippen LogP contribution in [0, 0.1) is 5.41 Å². The molecule has 2 fully saturated rings. The number of fused-ring (bicyclic) bond motifs is 1. The first kappa shape index (κ1) is 26.3. The Morgan fingerprint density at radius 1 is 1.20 bits per heavy atom. The highest BCUT2D eigenvalue weighted by atomic mass is 32.2. The van der Waals surface area contributed by atoms with Crippen LogP contribution < -0.4 is 4.74 Å². The van der Waals surface area contributed by atoms with E-state index < -0.39 is 5.60 Å². The van der Waals surface area contributed by atoms with Crippen molar-refractivity contribution in [3.8, 4) is 5.75 Å². The third-order valence-corrected chi connectivity index (χ3v) is 8.98. The molecule has 1 spiro atoms. The Morgan fingerprint density at radius 2 is 1.97 bits per heavy atom. The lowest BCUT2D eigenvalue weighted by Gasteiger charge is -2.45. The number of amidine groups is 1. The second-order valence-electron chi connectivity index (χ2n) is 10.3. The maximum Gasteiger partial charge on any atom is 0.344 e. The number of ether oxygens (including phenoxy) is 2. The summed E-state index contributed by atoms with van der Waals surface area (Å²) in [4.78, 5) is 19.5. The Labute approximate surface area is 222 Å². The summed E-state index contributed by atoms with van der Waals surface area (Å²) in [5.74, 6) is 1.32. The SMILES string of the molecule is CSC(=S)N1CC2(CCCCC2)CSC1=Nc1cccc2ccc(OCC(=O)OC(C)(C)C)cc12. The number of thiocarbonyl (C=S) groups is 1. The molecule has 0 aromatic heterocycles. The molecule has 8 heteroatoms. The van der Waals surface area contributed by atoms with Crippen molar-refractivity contribution in [1.82, 2.24) is 4.90 Å². The van der Waals surface area contributed by atoms with E-state index in [4.69, 9.17) is 26.7 Å². The van der Waals surface area contributed by atoms with E-state index in [9.17, 15) is 4.79 Å². The molecule has 1 saturated heterocycles. The zero-order chi connectivity index (χ0) is 25.1. The van der Waals surface area contributed by atoms with Crippen LogP contribution in [0.4, 0.5) is 5.69 Å². The average molecular weight is 531 g/mol. The summed E-state index contributed by atoms with van der Waals surface area (Å²) in [5.41, 5.74) is 0.675. The van der Waals surface area contributed by atoms with Gasteiger partial charge in [-0.1, -0.05) is 73.2 Å². The van der Waals surface area contributed by atoms with Gasteiger partial charge in [0.15, 0.2) is 11.8 Å². The van der Waals surface area contributed by atoms with Gasteiger partial charge in [0.2, 0.25) is 0 Å². The maximum absolute atomic E-state index is 12.1. The van der Waals surface area contributed by atoms with E-state index in [1.165, 1.54) is 32.1 Å². The first-order valence-corrected chi connectivity index (χ1v) is 14.7. The molecule has 0 bridgehead atoms. The molecule has 0 atom stereocenters. The lowest BCUT2D eigenvalue weighted by atomic mass is 9.75. The fourth-order valence-corrected chi connectivity index (χ4v) is 6.66. The van der Waals surface area contributed by atoms with E-state index in [1.54, 1.807) is 11.8 Å². The number of aliphatic imine (C=N–C) groups is 1. The van der Waals surface area contributed by atoms with Crippen molar-refractivity contribution in [2.24, 2.45) is 10.4 Å². The first-order chi connectivity index (χ1) is 16.7. The predicted octanol–water partition coefficient (Wildman–Crippen LogP) is 7.20. The van der Waals surface area contributed by atoms with Gasteiger partial charge in [-0.2, -0.15) is 0 Å². The van der Waals surface area contributed by atoms with Crippen LogP contribution in [0.1, 0.15) is 52.9 Å². The van der Waals surface area contributed by atoms with Crippen molar-refractivity contribution < 1.29 is 14.3 Å². The molecule has 2 aromatic carbocycles. The van der Waals surface area contributed by atoms with Gasteiger partial charge in [-0.3, -0.25) is 0 Å². The molecule has 1 saturated carbocycles. The molecule has 0 N–H and O–H groups in total. The molecule has 2 aliphatic rings. The summed E-state index contributed by atoms with van der Waals surface area (Å²) in [5, 5.41) is 3.02. The maximum atomic E-state index is 12.1. The predicted molar refractivity (Wildman–Crippen MR) is 153 cm³/mol. The molecule has 0 radical (unpaired) electrons. The van der Waals surface area contributed by atoms with E-state index in [0.717, 1.165) is 38.2 Å². The number of carbonyl (C=O) groups is 1. The van der Waals surface area contributed by atoms with Crippen molar-refractivity contribution in [1.29, 1.82) is 0 Å². The molecule has 0 amide bonds. The normalized spacial score (nSPS) is 19.2. The number of nitrogens with zero attached hydrogens (tertiary/aromatic N) is 2. The Morgan fingerprint density at radius 3 is 2.69 bits per heavy atom. The summed E-state index contributed by atoms with van der Waals surface area (Å²) >= 11 is 9.21. The molecule has 4 rings (SSSR count). The highest BCUT2D eigenvalue weighted by Crippen LogP contribution is 2.45. The van der Waals surface area contributed by atoms with Gasteiger partial charge < -0.3 is 14.4 Å². The van der Waals surface area contributed by atoms with Crippen molar-refractivity contribution in [2.45, 2.75) is 58.5 Å². The van der Waals surface area contributed by atoms with Gasteiger partial charge in [-0.05, 0) is 68.9 Å². The number of hydrogen-bond acceptors (Lipinski definition) is 7. The van der Waals surface area contributed by atoms with Crippen LogP contribution in [-0.4, -0.2) is 51.1 Å². The summed E-state index contributed by atoms with van der Waals surface area (Å²) in [6.07, 6.45) is 8.54. The zero-order valence-electron chi connectivity index (χ0n) is 21.0. The van der Waals surface area contributed by atoms with Crippen LogP contribution >= 0.6 is 35.7 Å². The number of thioether (sulfide) groups is 2. The standard InChI is InChI=1S/C27H34N2O3S3/c1-26(2,3)32-23(30)16-31-20-12-11-19-9-8-10-22(21(19)15-20)28-24-29(25(33)34-4)17-27(18-35-24)13-6-5-7-14-27/h8-12,15H,5-7,13-14,16-18H2,1-4H3. The number of benzene rings is 2. The molecular formula is C27H34N2O3S3. The lowest BCUT2D eigenvalue weighted by Crippen LogP contribution is -2.48. The number of carbonyl (C=O) groups excluding carboxylic acids is 1. The van der Waals surface area contributed by atoms with E-state index in [1.807, 2.05) is 69.1 Å². The van der Waals surface area contributed by atoms with Crippen LogP contribution in [0.2, 0.25) is 0 Å². The fraction of sp³-hybridized carbons (Fsp3) is 0.519. The van der Waals surface area contributed by atoms with Gasteiger partial charge in [0.1, 0.15) is 15.7 Å². The van der Waals surface area contributed by atoms with E-state index in [2.05, 4.69) is 11.0 Å². The van der Waals surface area contributed by atoms with Gasteiger partial charge in [-0.25, -0.2) is 9.79 Å². The van der Waals surface area contributed by atoms with Crippen LogP contribution in [0.5, 0.6) is 5.75 Å². The molecule has 188 valence electrons. The van der Waals surface area contributed by atoms with Gasteiger partial charge >= 0.3 is 5.97 Å². The van der Waals surface area contributed by atoms with E-state index >= 15 is 0 Å². The van der Waals surface area contributed by atoms with Crippen LogP contribution in [0.15, 0.2) is 41.4 Å². The highest BCUT2D eigenvalue weighted by Gasteiger charge is 2.40. The van der Waals surface area contributed by atoms with Gasteiger partial charge in [0.25, 0.3) is 0 Å². The minimum Gasteiger partial charge on any atom is -0.482 e. The second-order valence-corrected chi connectivity index (χ2v) is 12.7. The minimum absolute atomic E-state index is 0.132. The third kappa shape index (κ3) is 6.71. The molecule has 35 heavy (non-hydrogen) atoms. The quantitative estimate of drug-likeness (QED) is 0.306. The molecular weight excluding hydrogens is 497 g/mol. The minimum atomic E-state index is -0.538. The Bertz CT molecular complexity index is 1120. The van der Waals surface area contributed by atoms with Gasteiger partial charge in [0, 0.05) is 17.7 Å². The molecule has 0 unspecified atom stereocenters. The number of esters is 1. The third-order valence-electron chi connectivity index (χ3n) is 6.36. The summed E-state index contributed by atoms with van der Waals surface area (Å²) in [7, 11) is 0. The summed E-state index contributed by atoms with van der Waals surface area (Å²) < 4.78 is 12.0. The zero-order valence-corrected chi connectivity index (χ0v) is 23.4. The lowest BCUT2D eigenvalue weighted by molar-refractivity contribution is -0.157. The Balaban J connectivity index is 1.59. The molecule has 1 aliphatic heterocycles. The monoisotopic (exact) mass is 530 g/mol. The van der Waals surface area contributed by atoms with Crippen molar-refractivity contribution in [3.05, 3.63) is 36.4 Å². The van der Waals surface area contributed by atoms with Gasteiger partial charge in [-0.15, -0.1) is 0 Å². The largest absolute Gasteiger partial charge is 0.482 e. The first-order valence-electron chi connectivity index (χ1n) is 12.1. The Hall–Kier alpha value is -1.77. The fourth-order valence-electron chi connectivity index (χ4n) is 4.73. The van der Waals surface area contributed by atoms with Crippen molar-refractivity contribution in [3.63, 3.8) is 0 Å². The highest BCUT2D eigenvalue weighted by molar-refractivity contribution is 8.23. The molecule has 1 aliphatic carbocycles. The van der Waals surface area contributed by atoms with Gasteiger partial charge in [0.05, 0.1) is 5.69 Å². The molecule has 1 heterocycles. The topological polar surface area (TPSA) is 51.1 Å². The number of hydrogen-bond donors (Lipinski definition) is 0.